The normalized spacial score (nSPS) is 25.9. The van der Waals surface area contributed by atoms with Gasteiger partial charge in [-0.1, -0.05) is 38.8 Å². The highest BCUT2D eigenvalue weighted by atomic mass is 35.5. The van der Waals surface area contributed by atoms with Gasteiger partial charge in [0.2, 0.25) is 0 Å². The zero-order chi connectivity index (χ0) is 15.6. The molecule has 1 aromatic carbocycles. The second-order valence-corrected chi connectivity index (χ2v) is 6.95. The lowest BCUT2D eigenvalue weighted by atomic mass is 9.75. The monoisotopic (exact) mass is 308 g/mol. The van der Waals surface area contributed by atoms with E-state index in [2.05, 4.69) is 20.8 Å². The Kier molecular flexibility index (Phi) is 5.15. The molecular weight excluding hydrogens is 284 g/mol. The Bertz CT molecular complexity index is 516. The van der Waals surface area contributed by atoms with E-state index in [4.69, 9.17) is 27.5 Å². The third-order valence-corrected chi connectivity index (χ3v) is 4.78. The van der Waals surface area contributed by atoms with Crippen LogP contribution in [0.4, 0.5) is 0 Å². The summed E-state index contributed by atoms with van der Waals surface area (Å²) in [5.41, 5.74) is 6.11. The molecular formula is C17H25ClN2O. The molecule has 0 heterocycles. The third-order valence-electron chi connectivity index (χ3n) is 4.48. The van der Waals surface area contributed by atoms with Crippen molar-refractivity contribution in [3.63, 3.8) is 0 Å². The molecule has 0 saturated heterocycles. The zero-order valence-electron chi connectivity index (χ0n) is 13.0. The van der Waals surface area contributed by atoms with Crippen LogP contribution in [-0.4, -0.2) is 11.9 Å². The number of hydrogen-bond acceptors (Lipinski definition) is 2. The molecule has 3 N–H and O–H groups in total. The first-order chi connectivity index (χ1) is 9.88. The van der Waals surface area contributed by atoms with E-state index in [0.29, 0.717) is 34.1 Å². The maximum Gasteiger partial charge on any atom is 0.138 e. The number of nitrogens with one attached hydrogen (secondary N) is 1. The minimum atomic E-state index is 0.0230. The van der Waals surface area contributed by atoms with E-state index in [1.807, 2.05) is 6.07 Å². The number of benzene rings is 1. The second kappa shape index (κ2) is 6.69. The molecule has 3 atom stereocenters. The Labute approximate surface area is 132 Å². The van der Waals surface area contributed by atoms with Gasteiger partial charge in [-0.15, -0.1) is 0 Å². The van der Waals surface area contributed by atoms with Crippen LogP contribution in [0.5, 0.6) is 5.75 Å². The highest BCUT2D eigenvalue weighted by Crippen LogP contribution is 2.37. The van der Waals surface area contributed by atoms with Crippen LogP contribution < -0.4 is 10.5 Å². The number of nitrogen functional groups attached to an aromatic ring is 1. The number of ether oxygens (including phenoxy) is 1. The Morgan fingerprint density at radius 3 is 2.67 bits per heavy atom. The lowest BCUT2D eigenvalue weighted by Gasteiger charge is -2.37. The fraction of sp³-hybridized carbons (Fsp3) is 0.588. The van der Waals surface area contributed by atoms with Gasteiger partial charge in [0, 0.05) is 5.56 Å². The second-order valence-electron chi connectivity index (χ2n) is 6.54. The number of halogens is 1. The van der Waals surface area contributed by atoms with Crippen LogP contribution in [0.25, 0.3) is 0 Å². The minimum absolute atomic E-state index is 0.0230. The fourth-order valence-electron chi connectivity index (χ4n) is 3.18. The number of amidine groups is 1. The Morgan fingerprint density at radius 2 is 2.10 bits per heavy atom. The average molecular weight is 309 g/mol. The van der Waals surface area contributed by atoms with Gasteiger partial charge in [0.25, 0.3) is 0 Å². The molecule has 3 nitrogen and oxygen atoms in total. The molecule has 0 amide bonds. The molecule has 1 aliphatic rings. The highest BCUT2D eigenvalue weighted by molar-refractivity contribution is 6.32. The molecule has 1 aliphatic carbocycles. The maximum atomic E-state index is 7.45. The standard InChI is InChI=1S/C17H25ClN2O/c1-10(2)13-6-4-11(3)8-16(13)21-15-7-5-12(17(19)20)9-14(15)18/h5,7,9-11,13,16H,4,6,8H2,1-3H3,(H3,19,20). The number of hydrogen-bond donors (Lipinski definition) is 2. The summed E-state index contributed by atoms with van der Waals surface area (Å²) in [5, 5.41) is 7.98. The van der Waals surface area contributed by atoms with Crippen LogP contribution in [0.3, 0.4) is 0 Å². The summed E-state index contributed by atoms with van der Waals surface area (Å²) < 4.78 is 6.22. The summed E-state index contributed by atoms with van der Waals surface area (Å²) in [6.45, 7) is 6.81. The summed E-state index contributed by atoms with van der Waals surface area (Å²) >= 11 is 6.28. The molecule has 4 heteroatoms. The molecule has 2 rings (SSSR count). The largest absolute Gasteiger partial charge is 0.489 e. The molecule has 1 aromatic rings. The molecule has 0 spiro atoms. The lowest BCUT2D eigenvalue weighted by Crippen LogP contribution is -2.36. The SMILES string of the molecule is CC1CCC(C(C)C)C(Oc2ccc(C(=N)N)cc2Cl)C1. The Morgan fingerprint density at radius 1 is 1.38 bits per heavy atom. The van der Waals surface area contributed by atoms with Crippen LogP contribution in [0.2, 0.25) is 5.02 Å². The average Bonchev–Trinajstić information content (AvgIpc) is 2.40. The maximum absolute atomic E-state index is 7.45. The number of nitrogens with two attached hydrogens (primary N) is 1. The zero-order valence-corrected chi connectivity index (χ0v) is 13.8. The van der Waals surface area contributed by atoms with Gasteiger partial charge in [0.15, 0.2) is 0 Å². The van der Waals surface area contributed by atoms with Gasteiger partial charge in [-0.25, -0.2) is 0 Å². The van der Waals surface area contributed by atoms with Crippen LogP contribution in [0, 0.1) is 23.2 Å². The summed E-state index contributed by atoms with van der Waals surface area (Å²) in [6, 6.07) is 5.33. The summed E-state index contributed by atoms with van der Waals surface area (Å²) in [7, 11) is 0. The van der Waals surface area contributed by atoms with Crippen molar-refractivity contribution in [2.75, 3.05) is 0 Å². The van der Waals surface area contributed by atoms with Crippen LogP contribution >= 0.6 is 11.6 Å². The summed E-state index contributed by atoms with van der Waals surface area (Å²) in [4.78, 5) is 0. The van der Waals surface area contributed by atoms with E-state index in [1.165, 1.54) is 12.8 Å². The van der Waals surface area contributed by atoms with Gasteiger partial charge in [-0.2, -0.15) is 0 Å². The van der Waals surface area contributed by atoms with Gasteiger partial charge in [-0.3, -0.25) is 5.41 Å². The quantitative estimate of drug-likeness (QED) is 0.637. The first kappa shape index (κ1) is 16.2. The van der Waals surface area contributed by atoms with Gasteiger partial charge in [0.1, 0.15) is 17.7 Å². The van der Waals surface area contributed by atoms with Crippen molar-refractivity contribution in [1.82, 2.24) is 0 Å². The van der Waals surface area contributed by atoms with Crippen molar-refractivity contribution in [1.29, 1.82) is 5.41 Å². The molecule has 116 valence electrons. The van der Waals surface area contributed by atoms with Crippen molar-refractivity contribution in [2.24, 2.45) is 23.5 Å². The topological polar surface area (TPSA) is 59.1 Å². The number of rotatable bonds is 4. The van der Waals surface area contributed by atoms with Gasteiger partial charge >= 0.3 is 0 Å². The molecule has 0 bridgehead atoms. The summed E-state index contributed by atoms with van der Waals surface area (Å²) in [5.74, 6) is 2.60. The van der Waals surface area contributed by atoms with Crippen LogP contribution in [0.15, 0.2) is 18.2 Å². The predicted octanol–water partition coefficient (Wildman–Crippen LogP) is 4.46. The van der Waals surface area contributed by atoms with E-state index in [-0.39, 0.29) is 11.9 Å². The highest BCUT2D eigenvalue weighted by Gasteiger charge is 2.32. The van der Waals surface area contributed by atoms with Gasteiger partial charge in [0.05, 0.1) is 5.02 Å². The van der Waals surface area contributed by atoms with Crippen molar-refractivity contribution in [3.8, 4) is 5.75 Å². The van der Waals surface area contributed by atoms with Crippen LogP contribution in [0.1, 0.15) is 45.6 Å². The first-order valence-corrected chi connectivity index (χ1v) is 8.07. The van der Waals surface area contributed by atoms with Crippen molar-refractivity contribution >= 4 is 17.4 Å². The molecule has 1 saturated carbocycles. The molecule has 3 unspecified atom stereocenters. The van der Waals surface area contributed by atoms with Crippen molar-refractivity contribution < 1.29 is 4.74 Å². The molecule has 0 aromatic heterocycles. The first-order valence-electron chi connectivity index (χ1n) is 7.69. The lowest BCUT2D eigenvalue weighted by molar-refractivity contribution is 0.0461. The van der Waals surface area contributed by atoms with E-state index in [1.54, 1.807) is 12.1 Å². The van der Waals surface area contributed by atoms with E-state index < -0.39 is 0 Å². The molecule has 21 heavy (non-hydrogen) atoms. The van der Waals surface area contributed by atoms with Crippen molar-refractivity contribution in [3.05, 3.63) is 28.8 Å². The van der Waals surface area contributed by atoms with E-state index in [9.17, 15) is 0 Å². The molecule has 1 fully saturated rings. The van der Waals surface area contributed by atoms with Gasteiger partial charge < -0.3 is 10.5 Å². The minimum Gasteiger partial charge on any atom is -0.489 e. The van der Waals surface area contributed by atoms with Gasteiger partial charge in [-0.05, 0) is 48.8 Å². The van der Waals surface area contributed by atoms with E-state index >= 15 is 0 Å². The van der Waals surface area contributed by atoms with E-state index in [0.717, 1.165) is 6.42 Å². The fourth-order valence-corrected chi connectivity index (χ4v) is 3.40. The summed E-state index contributed by atoms with van der Waals surface area (Å²) in [6.07, 6.45) is 3.79. The third kappa shape index (κ3) is 3.91. The molecule has 0 aliphatic heterocycles. The van der Waals surface area contributed by atoms with Crippen molar-refractivity contribution in [2.45, 2.75) is 46.1 Å². The predicted molar refractivity (Wildman–Crippen MR) is 88.2 cm³/mol. The Balaban J connectivity index is 2.16. The molecule has 0 radical (unpaired) electrons. The Hall–Kier alpha value is -1.22. The smallest absolute Gasteiger partial charge is 0.138 e. The van der Waals surface area contributed by atoms with Crippen LogP contribution in [-0.2, 0) is 0 Å².